The molecule has 0 radical (unpaired) electrons. The van der Waals surface area contributed by atoms with Crippen molar-refractivity contribution >= 4 is 11.4 Å². The summed E-state index contributed by atoms with van der Waals surface area (Å²) in [6.45, 7) is 0. The highest BCUT2D eigenvalue weighted by atomic mass is 19.1. The molecule has 0 atom stereocenters. The predicted molar refractivity (Wildman–Crippen MR) is 63.8 cm³/mol. The Bertz CT molecular complexity index is 635. The van der Waals surface area contributed by atoms with Crippen molar-refractivity contribution in [2.24, 2.45) is 0 Å². The van der Waals surface area contributed by atoms with Crippen LogP contribution in [0.1, 0.15) is 0 Å². The maximum absolute atomic E-state index is 12.4. The summed E-state index contributed by atoms with van der Waals surface area (Å²) in [5.41, 5.74) is 4.01. The van der Waals surface area contributed by atoms with Crippen LogP contribution in [0.25, 0.3) is 0 Å². The molecule has 2 rings (SSSR count). The molecular formula is C12H8F4N2O2. The second-order valence-corrected chi connectivity index (χ2v) is 3.52. The average Bonchev–Trinajstić information content (AvgIpc) is 2.38. The molecule has 0 aromatic heterocycles. The van der Waals surface area contributed by atoms with Gasteiger partial charge in [-0.2, -0.15) is 4.39 Å². The molecule has 2 aromatic rings. The standard InChI is InChI=1S/C6H3F2NO2.C6H5F2N/c7-4-1-2-5(8)6(3-4)9(10)11;7-4-1-2-5(8)6(9)3-4/h1-3H;1-3H,9H2. The topological polar surface area (TPSA) is 69.2 Å². The molecular weight excluding hydrogens is 280 g/mol. The van der Waals surface area contributed by atoms with Gasteiger partial charge in [-0.3, -0.25) is 10.1 Å². The van der Waals surface area contributed by atoms with Gasteiger partial charge < -0.3 is 5.73 Å². The normalized spacial score (nSPS) is 9.60. The molecule has 0 saturated carbocycles. The van der Waals surface area contributed by atoms with Gasteiger partial charge >= 0.3 is 5.69 Å². The molecule has 0 aliphatic heterocycles. The highest BCUT2D eigenvalue weighted by molar-refractivity contribution is 5.38. The fourth-order valence-corrected chi connectivity index (χ4v) is 1.14. The number of nitrogens with zero attached hydrogens (tertiary/aromatic N) is 1. The Balaban J connectivity index is 0.000000204. The summed E-state index contributed by atoms with van der Waals surface area (Å²) in [5, 5.41) is 9.97. The van der Waals surface area contributed by atoms with Crippen molar-refractivity contribution in [3.8, 4) is 0 Å². The van der Waals surface area contributed by atoms with Crippen molar-refractivity contribution in [1.82, 2.24) is 0 Å². The Morgan fingerprint density at radius 2 is 1.40 bits per heavy atom. The number of nitro groups is 1. The smallest absolute Gasteiger partial charge is 0.307 e. The largest absolute Gasteiger partial charge is 0.396 e. The van der Waals surface area contributed by atoms with Crippen LogP contribution in [0.2, 0.25) is 0 Å². The molecule has 0 bridgehead atoms. The van der Waals surface area contributed by atoms with Crippen molar-refractivity contribution in [3.63, 3.8) is 0 Å². The van der Waals surface area contributed by atoms with Crippen LogP contribution < -0.4 is 5.73 Å². The van der Waals surface area contributed by atoms with Gasteiger partial charge in [0.25, 0.3) is 0 Å². The number of rotatable bonds is 1. The minimum absolute atomic E-state index is 0.157. The number of anilines is 1. The van der Waals surface area contributed by atoms with E-state index >= 15 is 0 Å². The van der Waals surface area contributed by atoms with Gasteiger partial charge in [0.05, 0.1) is 16.7 Å². The van der Waals surface area contributed by atoms with E-state index in [1.807, 2.05) is 0 Å². The fraction of sp³-hybridized carbons (Fsp3) is 0. The van der Waals surface area contributed by atoms with E-state index in [-0.39, 0.29) is 5.69 Å². The maximum atomic E-state index is 12.4. The molecule has 0 amide bonds. The Morgan fingerprint density at radius 1 is 0.900 bits per heavy atom. The summed E-state index contributed by atoms with van der Waals surface area (Å²) in [6, 6.07) is 5.02. The van der Waals surface area contributed by atoms with Crippen LogP contribution in [0.3, 0.4) is 0 Å². The van der Waals surface area contributed by atoms with Gasteiger partial charge in [-0.05, 0) is 30.3 Å². The molecule has 0 spiro atoms. The van der Waals surface area contributed by atoms with Crippen molar-refractivity contribution in [2.45, 2.75) is 0 Å². The molecule has 0 unspecified atom stereocenters. The minimum atomic E-state index is -1.03. The van der Waals surface area contributed by atoms with Gasteiger partial charge in [0.15, 0.2) is 0 Å². The van der Waals surface area contributed by atoms with E-state index < -0.39 is 33.9 Å². The van der Waals surface area contributed by atoms with Crippen molar-refractivity contribution in [2.75, 3.05) is 5.73 Å². The molecule has 0 heterocycles. The zero-order chi connectivity index (χ0) is 15.3. The summed E-state index contributed by atoms with van der Waals surface area (Å²) in [4.78, 5) is 9.00. The molecule has 0 fully saturated rings. The van der Waals surface area contributed by atoms with Crippen LogP contribution in [-0.2, 0) is 0 Å². The highest BCUT2D eigenvalue weighted by Gasteiger charge is 2.13. The second kappa shape index (κ2) is 6.50. The van der Waals surface area contributed by atoms with E-state index in [0.717, 1.165) is 24.3 Å². The first-order valence-corrected chi connectivity index (χ1v) is 5.11. The van der Waals surface area contributed by atoms with E-state index in [1.54, 1.807) is 0 Å². The van der Waals surface area contributed by atoms with Gasteiger partial charge in [-0.1, -0.05) is 0 Å². The second-order valence-electron chi connectivity index (χ2n) is 3.52. The van der Waals surface area contributed by atoms with Crippen LogP contribution in [0.5, 0.6) is 0 Å². The van der Waals surface area contributed by atoms with Gasteiger partial charge in [0, 0.05) is 0 Å². The number of halogens is 4. The monoisotopic (exact) mass is 288 g/mol. The molecule has 106 valence electrons. The lowest BCUT2D eigenvalue weighted by molar-refractivity contribution is -0.387. The number of hydrogen-bond acceptors (Lipinski definition) is 3. The van der Waals surface area contributed by atoms with Crippen LogP contribution in [-0.4, -0.2) is 4.92 Å². The minimum Gasteiger partial charge on any atom is -0.396 e. The molecule has 0 saturated heterocycles. The number of nitro benzene ring substituents is 1. The third-order valence-corrected chi connectivity index (χ3v) is 2.06. The van der Waals surface area contributed by atoms with Gasteiger partial charge in [-0.15, -0.1) is 0 Å². The van der Waals surface area contributed by atoms with Gasteiger partial charge in [-0.25, -0.2) is 13.2 Å². The Hall–Kier alpha value is -2.64. The summed E-state index contributed by atoms with van der Waals surface area (Å²) in [5.74, 6) is -2.96. The molecule has 2 N–H and O–H groups in total. The lowest BCUT2D eigenvalue weighted by Gasteiger charge is -1.92. The van der Waals surface area contributed by atoms with Gasteiger partial charge in [0.2, 0.25) is 5.82 Å². The van der Waals surface area contributed by atoms with Crippen LogP contribution in [0.15, 0.2) is 36.4 Å². The van der Waals surface area contributed by atoms with E-state index in [4.69, 9.17) is 5.73 Å². The number of nitrogens with two attached hydrogens (primary N) is 1. The molecule has 0 aliphatic rings. The molecule has 20 heavy (non-hydrogen) atoms. The lowest BCUT2D eigenvalue weighted by Crippen LogP contribution is -1.92. The predicted octanol–water partition coefficient (Wildman–Crippen LogP) is 3.42. The zero-order valence-electron chi connectivity index (χ0n) is 9.82. The fourth-order valence-electron chi connectivity index (χ4n) is 1.14. The first kappa shape index (κ1) is 15.4. The average molecular weight is 288 g/mol. The number of nitrogen functional groups attached to an aromatic ring is 1. The molecule has 4 nitrogen and oxygen atoms in total. The Kier molecular flexibility index (Phi) is 5.01. The van der Waals surface area contributed by atoms with E-state index in [9.17, 15) is 27.7 Å². The SMILES string of the molecule is Nc1cc(F)ccc1F.O=[N+]([O-])c1cc(F)ccc1F. The Labute approximate surface area is 110 Å². The van der Waals surface area contributed by atoms with Crippen molar-refractivity contribution < 1.29 is 22.5 Å². The van der Waals surface area contributed by atoms with Crippen molar-refractivity contribution in [3.05, 3.63) is 69.8 Å². The molecule has 0 aliphatic carbocycles. The van der Waals surface area contributed by atoms with Crippen LogP contribution in [0, 0.1) is 33.4 Å². The van der Waals surface area contributed by atoms with Crippen LogP contribution >= 0.6 is 0 Å². The number of hydrogen-bond donors (Lipinski definition) is 1. The Morgan fingerprint density at radius 3 is 1.80 bits per heavy atom. The third kappa shape index (κ3) is 4.23. The molecule has 2 aromatic carbocycles. The third-order valence-electron chi connectivity index (χ3n) is 2.06. The van der Waals surface area contributed by atoms with E-state index in [2.05, 4.69) is 0 Å². The van der Waals surface area contributed by atoms with Gasteiger partial charge in [0.1, 0.15) is 17.5 Å². The zero-order valence-corrected chi connectivity index (χ0v) is 9.82. The summed E-state index contributed by atoms with van der Waals surface area (Å²) < 4.78 is 49.0. The lowest BCUT2D eigenvalue weighted by atomic mass is 10.3. The molecule has 8 heteroatoms. The van der Waals surface area contributed by atoms with Crippen molar-refractivity contribution in [1.29, 1.82) is 0 Å². The summed E-state index contributed by atoms with van der Waals surface area (Å²) in [6.07, 6.45) is 0. The summed E-state index contributed by atoms with van der Waals surface area (Å²) >= 11 is 0. The summed E-state index contributed by atoms with van der Waals surface area (Å²) in [7, 11) is 0. The number of benzene rings is 2. The first-order valence-electron chi connectivity index (χ1n) is 5.11. The maximum Gasteiger partial charge on any atom is 0.307 e. The van der Waals surface area contributed by atoms with Crippen LogP contribution in [0.4, 0.5) is 28.9 Å². The van der Waals surface area contributed by atoms with E-state index in [1.165, 1.54) is 0 Å². The quantitative estimate of drug-likeness (QED) is 0.378. The first-order chi connectivity index (χ1) is 9.31. The van der Waals surface area contributed by atoms with E-state index in [0.29, 0.717) is 12.1 Å². The highest BCUT2D eigenvalue weighted by Crippen LogP contribution is 2.17.